The van der Waals surface area contributed by atoms with Crippen LogP contribution in [-0.2, 0) is 0 Å². The molecule has 0 bridgehead atoms. The molecule has 7 heteroatoms. The van der Waals surface area contributed by atoms with E-state index in [2.05, 4.69) is 20.6 Å². The molecule has 1 aromatic carbocycles. The first-order valence-electron chi connectivity index (χ1n) is 7.65. The molecular formula is C17H22ClN5O. The summed E-state index contributed by atoms with van der Waals surface area (Å²) in [6, 6.07) is 3.91. The van der Waals surface area contributed by atoms with Gasteiger partial charge in [-0.3, -0.25) is 4.79 Å². The van der Waals surface area contributed by atoms with Gasteiger partial charge in [-0.25, -0.2) is 9.97 Å². The predicted molar refractivity (Wildman–Crippen MR) is 97.1 cm³/mol. The zero-order chi connectivity index (χ0) is 17.7. The number of likely N-dealkylation sites (N-methyl/N-ethyl adjacent to an activating group) is 1. The maximum absolute atomic E-state index is 12.0. The lowest BCUT2D eigenvalue weighted by molar-refractivity contribution is 0.0950. The molecule has 128 valence electrons. The summed E-state index contributed by atoms with van der Waals surface area (Å²) in [7, 11) is 3.90. The van der Waals surface area contributed by atoms with Crippen molar-refractivity contribution in [1.82, 2.24) is 20.2 Å². The molecule has 1 aromatic heterocycles. The number of aromatic nitrogens is 2. The van der Waals surface area contributed by atoms with Crippen LogP contribution in [0.15, 0.2) is 24.5 Å². The van der Waals surface area contributed by atoms with E-state index in [-0.39, 0.29) is 5.91 Å². The van der Waals surface area contributed by atoms with Crippen LogP contribution >= 0.6 is 11.6 Å². The van der Waals surface area contributed by atoms with E-state index >= 15 is 0 Å². The van der Waals surface area contributed by atoms with Gasteiger partial charge in [-0.15, -0.1) is 0 Å². The summed E-state index contributed by atoms with van der Waals surface area (Å²) in [5.74, 6) is 0.210. The van der Waals surface area contributed by atoms with Crippen molar-refractivity contribution in [2.24, 2.45) is 0 Å². The first-order valence-corrected chi connectivity index (χ1v) is 8.03. The van der Waals surface area contributed by atoms with Crippen LogP contribution in [0.5, 0.6) is 0 Å². The summed E-state index contributed by atoms with van der Waals surface area (Å²) in [5.41, 5.74) is 3.29. The van der Waals surface area contributed by atoms with Gasteiger partial charge in [-0.2, -0.15) is 0 Å². The van der Waals surface area contributed by atoms with Crippen LogP contribution in [0.3, 0.4) is 0 Å². The summed E-state index contributed by atoms with van der Waals surface area (Å²) in [4.78, 5) is 22.4. The molecule has 2 N–H and O–H groups in total. The Balaban J connectivity index is 2.03. The van der Waals surface area contributed by atoms with Gasteiger partial charge in [0, 0.05) is 25.5 Å². The van der Waals surface area contributed by atoms with Gasteiger partial charge in [0.05, 0.1) is 16.3 Å². The number of nitrogens with zero attached hydrogens (tertiary/aromatic N) is 3. The van der Waals surface area contributed by atoms with Crippen LogP contribution in [0.1, 0.15) is 21.5 Å². The number of amides is 1. The molecule has 0 saturated carbocycles. The zero-order valence-electron chi connectivity index (χ0n) is 14.4. The maximum atomic E-state index is 12.0. The minimum Gasteiger partial charge on any atom is -0.351 e. The average Bonchev–Trinajstić information content (AvgIpc) is 2.51. The molecule has 0 unspecified atom stereocenters. The zero-order valence-corrected chi connectivity index (χ0v) is 15.1. The van der Waals surface area contributed by atoms with Crippen molar-refractivity contribution in [2.45, 2.75) is 13.8 Å². The number of rotatable bonds is 6. The number of hydrogen-bond donors (Lipinski definition) is 2. The van der Waals surface area contributed by atoms with E-state index in [9.17, 15) is 4.79 Å². The van der Waals surface area contributed by atoms with E-state index in [0.29, 0.717) is 23.1 Å². The topological polar surface area (TPSA) is 70.2 Å². The second-order valence-electron chi connectivity index (χ2n) is 5.92. The third-order valence-corrected chi connectivity index (χ3v) is 3.73. The van der Waals surface area contributed by atoms with Crippen molar-refractivity contribution < 1.29 is 4.79 Å². The Morgan fingerprint density at radius 3 is 2.46 bits per heavy atom. The minimum absolute atomic E-state index is 0.187. The number of halogens is 1. The molecule has 24 heavy (non-hydrogen) atoms. The molecule has 2 rings (SSSR count). The fourth-order valence-electron chi connectivity index (χ4n) is 2.19. The summed E-state index contributed by atoms with van der Waals surface area (Å²) in [6.07, 6.45) is 3.00. The van der Waals surface area contributed by atoms with E-state index in [1.54, 1.807) is 0 Å². The highest BCUT2D eigenvalue weighted by Gasteiger charge is 2.10. The molecule has 0 spiro atoms. The molecule has 0 radical (unpaired) electrons. The number of nitrogens with one attached hydrogen (secondary N) is 2. The van der Waals surface area contributed by atoms with Crippen LogP contribution in [0.4, 0.5) is 11.6 Å². The van der Waals surface area contributed by atoms with Gasteiger partial charge in [0.25, 0.3) is 5.91 Å². The van der Waals surface area contributed by atoms with Gasteiger partial charge in [0.1, 0.15) is 0 Å². The number of benzene rings is 1. The average molecular weight is 348 g/mol. The molecule has 0 aliphatic carbocycles. The van der Waals surface area contributed by atoms with Crippen LogP contribution < -0.4 is 10.6 Å². The number of aryl methyl sites for hydroxylation is 2. The highest BCUT2D eigenvalue weighted by Crippen LogP contribution is 2.29. The number of carbonyl (C=O) groups excluding carboxylic acids is 1. The molecule has 6 nitrogen and oxygen atoms in total. The van der Waals surface area contributed by atoms with E-state index in [0.717, 1.165) is 23.4 Å². The van der Waals surface area contributed by atoms with Gasteiger partial charge >= 0.3 is 0 Å². The predicted octanol–water partition coefficient (Wildman–Crippen LogP) is 2.78. The third-order valence-electron chi connectivity index (χ3n) is 3.43. The van der Waals surface area contributed by atoms with Crippen molar-refractivity contribution in [1.29, 1.82) is 0 Å². The largest absolute Gasteiger partial charge is 0.351 e. The SMILES string of the molecule is Cc1cc(C)c(Nc2ncc(C(=O)NCCN(C)C)cn2)c(Cl)c1. The first kappa shape index (κ1) is 18.2. The normalized spacial score (nSPS) is 10.8. The van der Waals surface area contributed by atoms with Crippen LogP contribution in [0.25, 0.3) is 0 Å². The summed E-state index contributed by atoms with van der Waals surface area (Å²) < 4.78 is 0. The second-order valence-corrected chi connectivity index (χ2v) is 6.33. The Kier molecular flexibility index (Phi) is 6.11. The number of carbonyl (C=O) groups is 1. The third kappa shape index (κ3) is 4.91. The first-order chi connectivity index (χ1) is 11.4. The van der Waals surface area contributed by atoms with Crippen molar-refractivity contribution in [3.8, 4) is 0 Å². The quantitative estimate of drug-likeness (QED) is 0.840. The molecule has 2 aromatic rings. The standard InChI is InChI=1S/C17H22ClN5O/c1-11-7-12(2)15(14(18)8-11)22-17-20-9-13(10-21-17)16(24)19-5-6-23(3)4/h7-10H,5-6H2,1-4H3,(H,19,24)(H,20,21,22). The van der Waals surface area contributed by atoms with Gasteiger partial charge < -0.3 is 15.5 Å². The lowest BCUT2D eigenvalue weighted by Gasteiger charge is -2.12. The van der Waals surface area contributed by atoms with Crippen molar-refractivity contribution in [3.63, 3.8) is 0 Å². The Hall–Kier alpha value is -2.18. The highest BCUT2D eigenvalue weighted by molar-refractivity contribution is 6.33. The van der Waals surface area contributed by atoms with Gasteiger partial charge in [0.2, 0.25) is 5.95 Å². The van der Waals surface area contributed by atoms with Crippen molar-refractivity contribution in [2.75, 3.05) is 32.5 Å². The van der Waals surface area contributed by atoms with Crippen molar-refractivity contribution >= 4 is 29.1 Å². The smallest absolute Gasteiger partial charge is 0.254 e. The molecule has 0 aliphatic heterocycles. The van der Waals surface area contributed by atoms with Gasteiger partial charge in [-0.05, 0) is 45.1 Å². The maximum Gasteiger partial charge on any atom is 0.254 e. The van der Waals surface area contributed by atoms with Gasteiger partial charge in [0.15, 0.2) is 0 Å². The number of hydrogen-bond acceptors (Lipinski definition) is 5. The Morgan fingerprint density at radius 1 is 1.21 bits per heavy atom. The molecule has 0 atom stereocenters. The van der Waals surface area contributed by atoms with Crippen LogP contribution in [0.2, 0.25) is 5.02 Å². The second kappa shape index (κ2) is 8.08. The Morgan fingerprint density at radius 2 is 1.88 bits per heavy atom. The minimum atomic E-state index is -0.187. The summed E-state index contributed by atoms with van der Waals surface area (Å²) in [5, 5.41) is 6.53. The summed E-state index contributed by atoms with van der Waals surface area (Å²) >= 11 is 6.26. The lowest BCUT2D eigenvalue weighted by Crippen LogP contribution is -2.31. The lowest BCUT2D eigenvalue weighted by atomic mass is 10.1. The van der Waals surface area contributed by atoms with E-state index in [4.69, 9.17) is 11.6 Å². The molecule has 0 saturated heterocycles. The molecular weight excluding hydrogens is 326 g/mol. The van der Waals surface area contributed by atoms with Crippen LogP contribution in [0, 0.1) is 13.8 Å². The highest BCUT2D eigenvalue weighted by atomic mass is 35.5. The molecule has 1 amide bonds. The van der Waals surface area contributed by atoms with E-state index < -0.39 is 0 Å². The fraction of sp³-hybridized carbons (Fsp3) is 0.353. The molecule has 0 aliphatic rings. The molecule has 0 fully saturated rings. The Bertz CT molecular complexity index is 692. The van der Waals surface area contributed by atoms with Gasteiger partial charge in [-0.1, -0.05) is 17.7 Å². The Labute approximate surface area is 147 Å². The van der Waals surface area contributed by atoms with E-state index in [1.807, 2.05) is 45.0 Å². The molecule has 1 heterocycles. The fourth-order valence-corrected chi connectivity index (χ4v) is 2.56. The number of anilines is 2. The van der Waals surface area contributed by atoms with Crippen LogP contribution in [-0.4, -0.2) is 48.0 Å². The van der Waals surface area contributed by atoms with Crippen molar-refractivity contribution in [3.05, 3.63) is 46.2 Å². The monoisotopic (exact) mass is 347 g/mol. The summed E-state index contributed by atoms with van der Waals surface area (Å²) in [6.45, 7) is 5.30. The van der Waals surface area contributed by atoms with E-state index in [1.165, 1.54) is 12.4 Å².